The van der Waals surface area contributed by atoms with Crippen LogP contribution in [-0.2, 0) is 0 Å². The van der Waals surface area contributed by atoms with Crippen LogP contribution < -0.4 is 0 Å². The molecule has 0 aromatic heterocycles. The van der Waals surface area contributed by atoms with Crippen LogP contribution in [0.2, 0.25) is 0 Å². The smallest absolute Gasteiger partial charge is 0.177 e. The Morgan fingerprint density at radius 1 is 1.00 bits per heavy atom. The van der Waals surface area contributed by atoms with E-state index >= 15 is 0 Å². The molecule has 0 unspecified atom stereocenters. The Labute approximate surface area is 82.6 Å². The fourth-order valence-corrected chi connectivity index (χ4v) is 2.02. The van der Waals surface area contributed by atoms with Gasteiger partial charge >= 0.3 is 0 Å². The van der Waals surface area contributed by atoms with Crippen LogP contribution in [0.1, 0.15) is 19.8 Å². The highest BCUT2D eigenvalue weighted by molar-refractivity contribution is 5.37. The third-order valence-corrected chi connectivity index (χ3v) is 3.10. The Morgan fingerprint density at radius 3 is 1.79 bits per heavy atom. The highest BCUT2D eigenvalue weighted by Gasteiger charge is 2.62. The number of nitriles is 4. The van der Waals surface area contributed by atoms with Crippen LogP contribution in [0, 0.1) is 62.1 Å². The Kier molecular flexibility index (Phi) is 2.17. The summed E-state index contributed by atoms with van der Waals surface area (Å²) in [5.41, 5.74) is -2.91. The van der Waals surface area contributed by atoms with Crippen LogP contribution in [0.3, 0.4) is 0 Å². The van der Waals surface area contributed by atoms with Gasteiger partial charge in [0, 0.05) is 0 Å². The summed E-state index contributed by atoms with van der Waals surface area (Å²) in [6.07, 6.45) is 0.879. The van der Waals surface area contributed by atoms with Crippen molar-refractivity contribution in [3.8, 4) is 24.3 Å². The van der Waals surface area contributed by atoms with Crippen molar-refractivity contribution < 1.29 is 0 Å². The molecule has 0 aliphatic heterocycles. The summed E-state index contributed by atoms with van der Waals surface area (Å²) >= 11 is 0. The van der Waals surface area contributed by atoms with Gasteiger partial charge in [-0.1, -0.05) is 6.92 Å². The zero-order chi connectivity index (χ0) is 10.8. The van der Waals surface area contributed by atoms with Crippen molar-refractivity contribution in [3.63, 3.8) is 0 Å². The molecule has 0 aromatic rings. The highest BCUT2D eigenvalue weighted by atomic mass is 14.6. The zero-order valence-electron chi connectivity index (χ0n) is 7.78. The number of hydrogen-bond acceptors (Lipinski definition) is 4. The summed E-state index contributed by atoms with van der Waals surface area (Å²) in [6, 6.07) is 7.42. The van der Waals surface area contributed by atoms with Gasteiger partial charge in [-0.05, 0) is 18.8 Å². The van der Waals surface area contributed by atoms with Crippen molar-refractivity contribution in [2.75, 3.05) is 0 Å². The van der Waals surface area contributed by atoms with Crippen LogP contribution in [0.15, 0.2) is 0 Å². The Balaban J connectivity index is 3.42. The van der Waals surface area contributed by atoms with Gasteiger partial charge in [-0.15, -0.1) is 0 Å². The maximum absolute atomic E-state index is 9.01. The fraction of sp³-hybridized carbons (Fsp3) is 0.600. The second-order valence-corrected chi connectivity index (χ2v) is 3.60. The lowest BCUT2D eigenvalue weighted by Gasteiger charge is -2.25. The van der Waals surface area contributed by atoms with Crippen LogP contribution >= 0.6 is 0 Å². The van der Waals surface area contributed by atoms with Gasteiger partial charge in [-0.25, -0.2) is 0 Å². The summed E-state index contributed by atoms with van der Waals surface area (Å²) in [7, 11) is 0. The molecule has 14 heavy (non-hydrogen) atoms. The second-order valence-electron chi connectivity index (χ2n) is 3.60. The average Bonchev–Trinajstić information content (AvgIpc) is 2.52. The van der Waals surface area contributed by atoms with Gasteiger partial charge in [0.15, 0.2) is 10.8 Å². The molecule has 0 bridgehead atoms. The summed E-state index contributed by atoms with van der Waals surface area (Å²) in [6.45, 7) is 1.74. The van der Waals surface area contributed by atoms with E-state index in [1.54, 1.807) is 6.92 Å². The zero-order valence-corrected chi connectivity index (χ0v) is 7.78. The summed E-state index contributed by atoms with van der Waals surface area (Å²) in [4.78, 5) is 0. The summed E-state index contributed by atoms with van der Waals surface area (Å²) in [5, 5.41) is 35.9. The molecule has 1 aliphatic carbocycles. The van der Waals surface area contributed by atoms with Crippen molar-refractivity contribution in [1.29, 1.82) is 21.0 Å². The van der Waals surface area contributed by atoms with Gasteiger partial charge in [-0.2, -0.15) is 21.0 Å². The first-order valence-electron chi connectivity index (χ1n) is 4.27. The highest BCUT2D eigenvalue weighted by Crippen LogP contribution is 2.55. The number of nitrogens with zero attached hydrogens (tertiary/aromatic N) is 4. The lowest BCUT2D eigenvalue weighted by molar-refractivity contribution is 0.296. The normalized spacial score (nSPS) is 26.5. The molecule has 68 valence electrons. The molecule has 1 atom stereocenters. The lowest BCUT2D eigenvalue weighted by Crippen LogP contribution is -2.36. The van der Waals surface area contributed by atoms with Crippen LogP contribution in [0.25, 0.3) is 0 Å². The lowest BCUT2D eigenvalue weighted by atomic mass is 9.66. The quantitative estimate of drug-likeness (QED) is 0.569. The van der Waals surface area contributed by atoms with Gasteiger partial charge in [-0.3, -0.25) is 0 Å². The molecular weight excluding hydrogens is 176 g/mol. The molecule has 0 radical (unpaired) electrons. The molecular formula is C10H8N4. The maximum atomic E-state index is 9.01. The molecule has 0 spiro atoms. The first-order valence-corrected chi connectivity index (χ1v) is 4.27. The third-order valence-electron chi connectivity index (χ3n) is 3.10. The van der Waals surface area contributed by atoms with E-state index in [2.05, 4.69) is 0 Å². The first kappa shape index (κ1) is 10.0. The second kappa shape index (κ2) is 3.02. The van der Waals surface area contributed by atoms with Crippen LogP contribution in [0.4, 0.5) is 0 Å². The molecule has 1 saturated carbocycles. The summed E-state index contributed by atoms with van der Waals surface area (Å²) in [5.74, 6) is -0.225. The van der Waals surface area contributed by atoms with E-state index < -0.39 is 10.8 Å². The van der Waals surface area contributed by atoms with Gasteiger partial charge in [0.25, 0.3) is 0 Å². The van der Waals surface area contributed by atoms with Crippen molar-refractivity contribution in [3.05, 3.63) is 0 Å². The Bertz CT molecular complexity index is 381. The molecule has 0 aromatic carbocycles. The van der Waals surface area contributed by atoms with Gasteiger partial charge in [0.05, 0.1) is 24.3 Å². The van der Waals surface area contributed by atoms with Crippen molar-refractivity contribution in [1.82, 2.24) is 0 Å². The van der Waals surface area contributed by atoms with E-state index in [0.717, 1.165) is 0 Å². The molecule has 0 heterocycles. The van der Waals surface area contributed by atoms with E-state index in [1.807, 2.05) is 24.3 Å². The number of rotatable bonds is 0. The minimum Gasteiger partial charge on any atom is -0.196 e. The first-order chi connectivity index (χ1) is 6.62. The molecule has 0 saturated heterocycles. The molecule has 4 heteroatoms. The minimum absolute atomic E-state index is 0.225. The van der Waals surface area contributed by atoms with E-state index in [0.29, 0.717) is 12.8 Å². The molecule has 0 amide bonds. The molecule has 1 rings (SSSR count). The standard InChI is InChI=1S/C10H8N4/c1-8-2-3-9(4-11,5-12)10(8,6-13)7-14/h8H,2-3H2,1H3/t8-/m1/s1. The fourth-order valence-electron chi connectivity index (χ4n) is 2.02. The SMILES string of the molecule is C[C@@H]1CCC(C#N)(C#N)C1(C#N)C#N. The molecule has 4 nitrogen and oxygen atoms in total. The third kappa shape index (κ3) is 0.834. The van der Waals surface area contributed by atoms with Crippen molar-refractivity contribution >= 4 is 0 Å². The molecule has 1 aliphatic rings. The largest absolute Gasteiger partial charge is 0.196 e. The van der Waals surface area contributed by atoms with Gasteiger partial charge in [0.2, 0.25) is 0 Å². The average molecular weight is 184 g/mol. The van der Waals surface area contributed by atoms with E-state index in [-0.39, 0.29) is 5.92 Å². The van der Waals surface area contributed by atoms with E-state index in [9.17, 15) is 0 Å². The van der Waals surface area contributed by atoms with Gasteiger partial charge in [0.1, 0.15) is 0 Å². The minimum atomic E-state index is -1.46. The van der Waals surface area contributed by atoms with Crippen molar-refractivity contribution in [2.24, 2.45) is 16.7 Å². The maximum Gasteiger partial charge on any atom is 0.177 e. The van der Waals surface area contributed by atoms with E-state index in [4.69, 9.17) is 21.0 Å². The van der Waals surface area contributed by atoms with E-state index in [1.165, 1.54) is 0 Å². The monoisotopic (exact) mass is 184 g/mol. The van der Waals surface area contributed by atoms with Crippen LogP contribution in [-0.4, -0.2) is 0 Å². The van der Waals surface area contributed by atoms with Crippen molar-refractivity contribution in [2.45, 2.75) is 19.8 Å². The predicted molar refractivity (Wildman–Crippen MR) is 45.7 cm³/mol. The Hall–Kier alpha value is -2.04. The van der Waals surface area contributed by atoms with Crippen LogP contribution in [0.5, 0.6) is 0 Å². The molecule has 0 N–H and O–H groups in total. The van der Waals surface area contributed by atoms with Gasteiger partial charge < -0.3 is 0 Å². The Morgan fingerprint density at radius 2 is 1.50 bits per heavy atom. The number of hydrogen-bond donors (Lipinski definition) is 0. The molecule has 1 fully saturated rings. The topological polar surface area (TPSA) is 95.2 Å². The summed E-state index contributed by atoms with van der Waals surface area (Å²) < 4.78 is 0. The predicted octanol–water partition coefficient (Wildman–Crippen LogP) is 1.48.